The zero-order valence-corrected chi connectivity index (χ0v) is 10.7. The molecule has 94 valence electrons. The fraction of sp³-hybridized carbons (Fsp3) is 0.231. The van der Waals surface area contributed by atoms with Crippen LogP contribution in [-0.4, -0.2) is 20.6 Å². The van der Waals surface area contributed by atoms with Crippen LogP contribution in [0, 0.1) is 0 Å². The number of nitrogens with zero attached hydrogens (tertiary/aromatic N) is 2. The number of carboxylic acids is 1. The van der Waals surface area contributed by atoms with E-state index in [-0.39, 0.29) is 6.42 Å². The van der Waals surface area contributed by atoms with Crippen molar-refractivity contribution in [3.05, 3.63) is 41.3 Å². The van der Waals surface area contributed by atoms with E-state index in [0.717, 1.165) is 5.56 Å². The van der Waals surface area contributed by atoms with Gasteiger partial charge in [-0.3, -0.25) is 4.79 Å². The Balaban J connectivity index is 2.33. The molecule has 0 atom stereocenters. The molecule has 0 unspecified atom stereocenters. The van der Waals surface area contributed by atoms with Gasteiger partial charge in [-0.2, -0.15) is 0 Å². The minimum Gasteiger partial charge on any atom is -0.481 e. The molecular weight excluding hydrogens is 252 g/mol. The summed E-state index contributed by atoms with van der Waals surface area (Å²) < 4.78 is 1.73. The fourth-order valence-corrected chi connectivity index (χ4v) is 1.99. The van der Waals surface area contributed by atoms with E-state index in [1.165, 1.54) is 0 Å². The van der Waals surface area contributed by atoms with Gasteiger partial charge in [0.05, 0.1) is 6.42 Å². The second-order valence-electron chi connectivity index (χ2n) is 3.99. The van der Waals surface area contributed by atoms with Gasteiger partial charge in [-0.1, -0.05) is 41.9 Å². The van der Waals surface area contributed by atoms with Gasteiger partial charge in [0.2, 0.25) is 0 Å². The predicted molar refractivity (Wildman–Crippen MR) is 69.6 cm³/mol. The number of hydrogen-bond acceptors (Lipinski definition) is 2. The maximum absolute atomic E-state index is 10.6. The Labute approximate surface area is 110 Å². The van der Waals surface area contributed by atoms with Crippen molar-refractivity contribution in [3.63, 3.8) is 0 Å². The Morgan fingerprint density at radius 2 is 2.06 bits per heavy atom. The third-order valence-electron chi connectivity index (χ3n) is 2.73. The molecule has 1 heterocycles. The highest BCUT2D eigenvalue weighted by Gasteiger charge is 2.14. The Morgan fingerprint density at radius 1 is 1.39 bits per heavy atom. The van der Waals surface area contributed by atoms with Gasteiger partial charge in [-0.15, -0.1) is 0 Å². The highest BCUT2D eigenvalue weighted by molar-refractivity contribution is 6.32. The van der Waals surface area contributed by atoms with Crippen LogP contribution >= 0.6 is 11.6 Å². The molecule has 0 fully saturated rings. The lowest BCUT2D eigenvalue weighted by molar-refractivity contribution is -0.137. The first-order chi connectivity index (χ1) is 8.59. The molecule has 2 aromatic rings. The molecule has 0 spiro atoms. The van der Waals surface area contributed by atoms with Gasteiger partial charge in [0.1, 0.15) is 16.7 Å². The van der Waals surface area contributed by atoms with Crippen molar-refractivity contribution < 1.29 is 9.90 Å². The fourth-order valence-electron chi connectivity index (χ4n) is 1.74. The molecule has 0 saturated carbocycles. The summed E-state index contributed by atoms with van der Waals surface area (Å²) in [6, 6.07) is 9.60. The Morgan fingerprint density at radius 3 is 2.67 bits per heavy atom. The highest BCUT2D eigenvalue weighted by Crippen LogP contribution is 2.27. The topological polar surface area (TPSA) is 55.1 Å². The van der Waals surface area contributed by atoms with Crippen molar-refractivity contribution in [2.45, 2.75) is 12.8 Å². The van der Waals surface area contributed by atoms with Crippen LogP contribution in [0.25, 0.3) is 11.3 Å². The highest BCUT2D eigenvalue weighted by atomic mass is 35.5. The quantitative estimate of drug-likeness (QED) is 0.924. The smallest absolute Gasteiger partial charge is 0.303 e. The van der Waals surface area contributed by atoms with Crippen LogP contribution < -0.4 is 0 Å². The van der Waals surface area contributed by atoms with Gasteiger partial charge in [-0.25, -0.2) is 4.98 Å². The Hall–Kier alpha value is -1.81. The molecule has 2 rings (SSSR count). The number of imidazole rings is 1. The summed E-state index contributed by atoms with van der Waals surface area (Å²) in [5.41, 5.74) is 1.62. The van der Waals surface area contributed by atoms with Crippen LogP contribution in [0.3, 0.4) is 0 Å². The van der Waals surface area contributed by atoms with Crippen LogP contribution in [0.2, 0.25) is 5.15 Å². The zero-order chi connectivity index (χ0) is 13.1. The molecule has 0 bridgehead atoms. The normalized spacial score (nSPS) is 10.6. The van der Waals surface area contributed by atoms with Gasteiger partial charge in [0.15, 0.2) is 0 Å². The van der Waals surface area contributed by atoms with Crippen molar-refractivity contribution >= 4 is 17.6 Å². The van der Waals surface area contributed by atoms with Crippen LogP contribution in [0.15, 0.2) is 30.3 Å². The van der Waals surface area contributed by atoms with Crippen LogP contribution in [0.1, 0.15) is 12.2 Å². The molecule has 0 aliphatic rings. The maximum Gasteiger partial charge on any atom is 0.303 e. The lowest BCUT2D eigenvalue weighted by Crippen LogP contribution is -2.03. The summed E-state index contributed by atoms with van der Waals surface area (Å²) in [5.74, 6) is -0.156. The molecule has 0 aliphatic carbocycles. The molecule has 1 N–H and O–H groups in total. The molecule has 1 aromatic carbocycles. The van der Waals surface area contributed by atoms with E-state index in [2.05, 4.69) is 4.98 Å². The van der Waals surface area contributed by atoms with Crippen molar-refractivity contribution in [2.75, 3.05) is 0 Å². The molecule has 1 aromatic heterocycles. The monoisotopic (exact) mass is 264 g/mol. The van der Waals surface area contributed by atoms with E-state index >= 15 is 0 Å². The largest absolute Gasteiger partial charge is 0.481 e. The van der Waals surface area contributed by atoms with Crippen molar-refractivity contribution in [1.29, 1.82) is 0 Å². The standard InChI is InChI=1S/C13H13ClN2O2/c1-16-10(7-8-11(17)18)15-12(13(16)14)9-5-3-2-4-6-9/h2-6H,7-8H2,1H3,(H,17,18). The minimum absolute atomic E-state index is 0.0510. The summed E-state index contributed by atoms with van der Waals surface area (Å²) in [7, 11) is 1.79. The lowest BCUT2D eigenvalue weighted by atomic mass is 10.2. The first-order valence-corrected chi connectivity index (χ1v) is 5.95. The van der Waals surface area contributed by atoms with Crippen molar-refractivity contribution in [1.82, 2.24) is 9.55 Å². The van der Waals surface area contributed by atoms with E-state index in [1.54, 1.807) is 11.6 Å². The average molecular weight is 265 g/mol. The van der Waals surface area contributed by atoms with Gasteiger partial charge >= 0.3 is 5.97 Å². The minimum atomic E-state index is -0.838. The van der Waals surface area contributed by atoms with E-state index in [1.807, 2.05) is 30.3 Å². The summed E-state index contributed by atoms with van der Waals surface area (Å²) in [5, 5.41) is 9.22. The SMILES string of the molecule is Cn1c(CCC(=O)O)nc(-c2ccccc2)c1Cl. The van der Waals surface area contributed by atoms with Gasteiger partial charge in [-0.05, 0) is 0 Å². The first-order valence-electron chi connectivity index (χ1n) is 5.58. The number of benzene rings is 1. The molecule has 18 heavy (non-hydrogen) atoms. The van der Waals surface area contributed by atoms with Gasteiger partial charge in [0.25, 0.3) is 0 Å². The molecule has 0 radical (unpaired) electrons. The number of hydrogen-bond donors (Lipinski definition) is 1. The number of aliphatic carboxylic acids is 1. The van der Waals surface area contributed by atoms with Crippen molar-refractivity contribution in [2.24, 2.45) is 7.05 Å². The number of carboxylic acid groups (broad SMARTS) is 1. The molecule has 0 amide bonds. The van der Waals surface area contributed by atoms with Gasteiger partial charge < -0.3 is 9.67 Å². The number of aryl methyl sites for hydroxylation is 1. The first kappa shape index (κ1) is 12.6. The number of halogens is 1. The Bertz CT molecular complexity index is 564. The number of carbonyl (C=O) groups is 1. The van der Waals surface area contributed by atoms with Crippen LogP contribution in [0.4, 0.5) is 0 Å². The maximum atomic E-state index is 10.6. The number of rotatable bonds is 4. The third kappa shape index (κ3) is 2.54. The number of aromatic nitrogens is 2. The van der Waals surface area contributed by atoms with Crippen molar-refractivity contribution in [3.8, 4) is 11.3 Å². The van der Waals surface area contributed by atoms with E-state index < -0.39 is 5.97 Å². The predicted octanol–water partition coefficient (Wildman–Crippen LogP) is 2.76. The summed E-state index contributed by atoms with van der Waals surface area (Å²) in [4.78, 5) is 15.0. The Kier molecular flexibility index (Phi) is 3.67. The third-order valence-corrected chi connectivity index (χ3v) is 3.16. The summed E-state index contributed by atoms with van der Waals surface area (Å²) >= 11 is 6.22. The zero-order valence-electron chi connectivity index (χ0n) is 9.93. The molecule has 0 saturated heterocycles. The summed E-state index contributed by atoms with van der Waals surface area (Å²) in [6.07, 6.45) is 0.424. The van der Waals surface area contributed by atoms with E-state index in [4.69, 9.17) is 16.7 Å². The second-order valence-corrected chi connectivity index (χ2v) is 4.34. The molecule has 0 aliphatic heterocycles. The average Bonchev–Trinajstić information content (AvgIpc) is 2.65. The van der Waals surface area contributed by atoms with Crippen LogP contribution in [-0.2, 0) is 18.3 Å². The molecule has 5 heteroatoms. The van der Waals surface area contributed by atoms with Crippen LogP contribution in [0.5, 0.6) is 0 Å². The van der Waals surface area contributed by atoms with Gasteiger partial charge in [0, 0.05) is 19.0 Å². The molecular formula is C13H13ClN2O2. The van der Waals surface area contributed by atoms with E-state index in [9.17, 15) is 4.79 Å². The summed E-state index contributed by atoms with van der Waals surface area (Å²) in [6.45, 7) is 0. The van der Waals surface area contributed by atoms with E-state index in [0.29, 0.717) is 23.1 Å². The molecule has 4 nitrogen and oxygen atoms in total. The lowest BCUT2D eigenvalue weighted by Gasteiger charge is -1.99. The second kappa shape index (κ2) is 5.23.